The molecule has 2 heterocycles. The molecule has 0 spiro atoms. The molecule has 1 aromatic heterocycles. The molecule has 4 rings (SSSR count). The van der Waals surface area contributed by atoms with E-state index in [4.69, 9.17) is 11.6 Å². The van der Waals surface area contributed by atoms with Crippen molar-refractivity contribution in [3.63, 3.8) is 0 Å². The van der Waals surface area contributed by atoms with Crippen LogP contribution in [0.15, 0.2) is 72.9 Å². The fourth-order valence-electron chi connectivity index (χ4n) is 3.65. The van der Waals surface area contributed by atoms with Gasteiger partial charge in [-0.3, -0.25) is 19.5 Å². The van der Waals surface area contributed by atoms with Gasteiger partial charge >= 0.3 is 0 Å². The number of carbonyl (C=O) groups excluding carboxylic acids is 2. The molecule has 2 amide bonds. The van der Waals surface area contributed by atoms with Gasteiger partial charge in [-0.15, -0.1) is 0 Å². The lowest BCUT2D eigenvalue weighted by Gasteiger charge is -2.25. The first-order valence-corrected chi connectivity index (χ1v) is 9.80. The highest BCUT2D eigenvalue weighted by Crippen LogP contribution is 2.38. The third kappa shape index (κ3) is 3.87. The Labute approximate surface area is 174 Å². The second-order valence-corrected chi connectivity index (χ2v) is 7.44. The van der Waals surface area contributed by atoms with Crippen LogP contribution in [0.3, 0.4) is 0 Å². The van der Waals surface area contributed by atoms with Gasteiger partial charge < -0.3 is 5.32 Å². The Kier molecular flexibility index (Phi) is 5.32. The second kappa shape index (κ2) is 8.05. The molecule has 0 saturated carbocycles. The molecule has 6 heteroatoms. The maximum Gasteiger partial charge on any atom is 0.260 e. The molecule has 1 N–H and O–H groups in total. The van der Waals surface area contributed by atoms with Crippen LogP contribution < -0.4 is 10.2 Å². The van der Waals surface area contributed by atoms with Crippen molar-refractivity contribution in [2.24, 2.45) is 0 Å². The summed E-state index contributed by atoms with van der Waals surface area (Å²) in [6.45, 7) is 1.94. The van der Waals surface area contributed by atoms with Crippen molar-refractivity contribution in [3.05, 3.63) is 94.8 Å². The van der Waals surface area contributed by atoms with E-state index in [9.17, 15) is 9.59 Å². The number of nitrogens with one attached hydrogen (secondary N) is 1. The minimum atomic E-state index is -0.470. The highest BCUT2D eigenvalue weighted by molar-refractivity contribution is 6.30. The average Bonchev–Trinajstić information content (AvgIpc) is 3.01. The molecule has 2 atom stereocenters. The maximum atomic E-state index is 13.0. The van der Waals surface area contributed by atoms with E-state index in [1.54, 1.807) is 47.5 Å². The largest absolute Gasteiger partial charge is 0.350 e. The summed E-state index contributed by atoms with van der Waals surface area (Å²) in [4.78, 5) is 31.9. The number of rotatable bonds is 5. The van der Waals surface area contributed by atoms with Crippen LogP contribution in [0, 0.1) is 0 Å². The van der Waals surface area contributed by atoms with Crippen molar-refractivity contribution in [2.75, 3.05) is 4.90 Å². The number of fused-ring (bicyclic) bond motifs is 1. The van der Waals surface area contributed by atoms with Crippen LogP contribution >= 0.6 is 11.6 Å². The third-order valence-electron chi connectivity index (χ3n) is 5.08. The van der Waals surface area contributed by atoms with Crippen LogP contribution in [-0.2, 0) is 4.79 Å². The van der Waals surface area contributed by atoms with Crippen molar-refractivity contribution >= 4 is 29.1 Å². The average molecular weight is 406 g/mol. The van der Waals surface area contributed by atoms with E-state index in [0.29, 0.717) is 22.0 Å². The molecule has 0 bridgehead atoms. The summed E-state index contributed by atoms with van der Waals surface area (Å²) in [7, 11) is 0. The zero-order chi connectivity index (χ0) is 20.4. The fourth-order valence-corrected chi connectivity index (χ4v) is 3.77. The molecular formula is C23H20ClN3O2. The number of carbonyl (C=O) groups is 2. The number of hydrogen-bond acceptors (Lipinski definition) is 3. The minimum Gasteiger partial charge on any atom is -0.350 e. The molecule has 0 unspecified atom stereocenters. The lowest BCUT2D eigenvalue weighted by molar-refractivity contribution is -0.122. The first kappa shape index (κ1) is 19.2. The SMILES string of the molecule is C[C@@H](NC(=O)C[C@@H]1c2ncccc2C(=O)N1c1ccc(Cl)cc1)c1ccccc1. The minimum absolute atomic E-state index is 0.121. The summed E-state index contributed by atoms with van der Waals surface area (Å²) < 4.78 is 0. The quantitative estimate of drug-likeness (QED) is 0.669. The number of halogens is 1. The Hall–Kier alpha value is -3.18. The predicted octanol–water partition coefficient (Wildman–Crippen LogP) is 4.70. The lowest BCUT2D eigenvalue weighted by atomic mass is 10.1. The molecule has 1 aliphatic rings. The van der Waals surface area contributed by atoms with Gasteiger partial charge in [0.2, 0.25) is 5.91 Å². The van der Waals surface area contributed by atoms with Crippen LogP contribution in [0.2, 0.25) is 5.02 Å². The lowest BCUT2D eigenvalue weighted by Crippen LogP contribution is -2.34. The van der Waals surface area contributed by atoms with Gasteiger partial charge in [-0.25, -0.2) is 0 Å². The van der Waals surface area contributed by atoms with Crippen LogP contribution in [0.25, 0.3) is 0 Å². The Bertz CT molecular complexity index is 1040. The number of pyridine rings is 1. The van der Waals surface area contributed by atoms with E-state index in [1.807, 2.05) is 37.3 Å². The third-order valence-corrected chi connectivity index (χ3v) is 5.33. The molecule has 5 nitrogen and oxygen atoms in total. The number of nitrogens with zero attached hydrogens (tertiary/aromatic N) is 2. The van der Waals surface area contributed by atoms with Crippen LogP contribution in [-0.4, -0.2) is 16.8 Å². The van der Waals surface area contributed by atoms with Crippen molar-refractivity contribution in [2.45, 2.75) is 25.4 Å². The van der Waals surface area contributed by atoms with Gasteiger partial charge in [-0.2, -0.15) is 0 Å². The molecule has 0 radical (unpaired) electrons. The smallest absolute Gasteiger partial charge is 0.260 e. The number of anilines is 1. The molecule has 3 aromatic rings. The molecular weight excluding hydrogens is 386 g/mol. The van der Waals surface area contributed by atoms with E-state index in [-0.39, 0.29) is 24.3 Å². The van der Waals surface area contributed by atoms with Crippen molar-refractivity contribution in [1.82, 2.24) is 10.3 Å². The summed E-state index contributed by atoms with van der Waals surface area (Å²) in [5, 5.41) is 3.61. The van der Waals surface area contributed by atoms with E-state index in [0.717, 1.165) is 5.56 Å². The zero-order valence-corrected chi connectivity index (χ0v) is 16.6. The van der Waals surface area contributed by atoms with Gasteiger partial charge in [0.05, 0.1) is 29.8 Å². The van der Waals surface area contributed by atoms with Gasteiger partial charge in [-0.1, -0.05) is 41.9 Å². The molecule has 0 aliphatic carbocycles. The fraction of sp³-hybridized carbons (Fsp3) is 0.174. The first-order valence-electron chi connectivity index (χ1n) is 9.43. The monoisotopic (exact) mass is 405 g/mol. The number of amides is 2. The first-order chi connectivity index (χ1) is 14.0. The highest BCUT2D eigenvalue weighted by Gasteiger charge is 2.40. The van der Waals surface area contributed by atoms with Crippen molar-refractivity contribution in [3.8, 4) is 0 Å². The normalized spacial score (nSPS) is 16.4. The summed E-state index contributed by atoms with van der Waals surface area (Å²) in [6.07, 6.45) is 1.77. The number of aromatic nitrogens is 1. The van der Waals surface area contributed by atoms with Crippen LogP contribution in [0.5, 0.6) is 0 Å². The molecule has 1 aliphatic heterocycles. The Balaban J connectivity index is 1.59. The van der Waals surface area contributed by atoms with E-state index >= 15 is 0 Å². The van der Waals surface area contributed by atoms with E-state index in [1.165, 1.54) is 0 Å². The Morgan fingerprint density at radius 2 is 1.83 bits per heavy atom. The van der Waals surface area contributed by atoms with E-state index < -0.39 is 6.04 Å². The van der Waals surface area contributed by atoms with Gasteiger partial charge in [0.15, 0.2) is 0 Å². The Morgan fingerprint density at radius 3 is 2.55 bits per heavy atom. The molecule has 2 aromatic carbocycles. The summed E-state index contributed by atoms with van der Waals surface area (Å²) in [6, 6.07) is 19.7. The topological polar surface area (TPSA) is 62.3 Å². The standard InChI is InChI=1S/C23H20ClN3O2/c1-15(16-6-3-2-4-7-16)26-21(28)14-20-22-19(8-5-13-25-22)23(29)27(20)18-11-9-17(24)10-12-18/h2-13,15,20H,14H2,1H3,(H,26,28)/t15-,20-/m1/s1. The summed E-state index contributed by atoms with van der Waals surface area (Å²) in [5.41, 5.74) is 2.86. The zero-order valence-electron chi connectivity index (χ0n) is 15.9. The van der Waals surface area contributed by atoms with Gasteiger partial charge in [0.1, 0.15) is 0 Å². The van der Waals surface area contributed by atoms with Gasteiger partial charge in [0, 0.05) is 16.9 Å². The number of benzene rings is 2. The maximum absolute atomic E-state index is 13.0. The van der Waals surface area contributed by atoms with Gasteiger partial charge in [0.25, 0.3) is 5.91 Å². The molecule has 0 fully saturated rings. The number of hydrogen-bond donors (Lipinski definition) is 1. The highest BCUT2D eigenvalue weighted by atomic mass is 35.5. The van der Waals surface area contributed by atoms with E-state index in [2.05, 4.69) is 10.3 Å². The molecule has 146 valence electrons. The van der Waals surface area contributed by atoms with Crippen LogP contribution in [0.1, 0.15) is 47.0 Å². The van der Waals surface area contributed by atoms with Crippen LogP contribution in [0.4, 0.5) is 5.69 Å². The van der Waals surface area contributed by atoms with Crippen molar-refractivity contribution < 1.29 is 9.59 Å². The summed E-state index contributed by atoms with van der Waals surface area (Å²) >= 11 is 6.00. The second-order valence-electron chi connectivity index (χ2n) is 7.01. The van der Waals surface area contributed by atoms with Gasteiger partial charge in [-0.05, 0) is 48.9 Å². The Morgan fingerprint density at radius 1 is 1.10 bits per heavy atom. The van der Waals surface area contributed by atoms with Crippen molar-refractivity contribution in [1.29, 1.82) is 0 Å². The molecule has 29 heavy (non-hydrogen) atoms. The summed E-state index contributed by atoms with van der Waals surface area (Å²) in [5.74, 6) is -0.305. The predicted molar refractivity (Wildman–Crippen MR) is 113 cm³/mol. The molecule has 0 saturated heterocycles.